The van der Waals surface area contributed by atoms with E-state index >= 15 is 0 Å². The highest BCUT2D eigenvalue weighted by atomic mass is 79.9. The Balaban J connectivity index is 2.97. The standard InChI is InChI=1S/C8H6BrNOS/c1-4-2-5(9)7-6(3-4)10-8(12)11-7/h2-3H,1H3,(H,10,12). The van der Waals surface area contributed by atoms with Crippen LogP contribution in [0.25, 0.3) is 11.1 Å². The zero-order chi connectivity index (χ0) is 8.72. The number of benzene rings is 1. The molecule has 1 aromatic heterocycles. The molecule has 0 aliphatic carbocycles. The van der Waals surface area contributed by atoms with Crippen molar-refractivity contribution in [2.45, 2.75) is 6.92 Å². The number of nitrogens with one attached hydrogen (secondary N) is 1. The van der Waals surface area contributed by atoms with Gasteiger partial charge in [0, 0.05) is 0 Å². The third-order valence-corrected chi connectivity index (χ3v) is 2.39. The molecule has 0 fully saturated rings. The number of oxazole rings is 1. The normalized spacial score (nSPS) is 10.8. The number of hydrogen-bond acceptors (Lipinski definition) is 2. The molecule has 0 spiro atoms. The predicted octanol–water partition coefficient (Wildman–Crippen LogP) is 3.56. The highest BCUT2D eigenvalue weighted by Gasteiger charge is 2.03. The van der Waals surface area contributed by atoms with Crippen molar-refractivity contribution in [1.82, 2.24) is 4.98 Å². The van der Waals surface area contributed by atoms with Crippen LogP contribution in [0.1, 0.15) is 5.56 Å². The number of aryl methyl sites for hydroxylation is 1. The molecule has 0 aliphatic rings. The summed E-state index contributed by atoms with van der Waals surface area (Å²) in [6, 6.07) is 3.99. The van der Waals surface area contributed by atoms with Crippen molar-refractivity contribution in [3.63, 3.8) is 0 Å². The Morgan fingerprint density at radius 3 is 3.00 bits per heavy atom. The van der Waals surface area contributed by atoms with Crippen LogP contribution in [-0.4, -0.2) is 4.98 Å². The van der Waals surface area contributed by atoms with Crippen LogP contribution >= 0.6 is 28.1 Å². The Morgan fingerprint density at radius 1 is 1.50 bits per heavy atom. The van der Waals surface area contributed by atoms with Crippen molar-refractivity contribution >= 4 is 39.2 Å². The molecule has 1 N–H and O–H groups in total. The van der Waals surface area contributed by atoms with Crippen LogP contribution < -0.4 is 0 Å². The maximum absolute atomic E-state index is 5.27. The molecule has 0 atom stereocenters. The number of aromatic nitrogens is 1. The van der Waals surface area contributed by atoms with Gasteiger partial charge >= 0.3 is 0 Å². The van der Waals surface area contributed by atoms with Crippen molar-refractivity contribution in [2.24, 2.45) is 0 Å². The lowest BCUT2D eigenvalue weighted by Crippen LogP contribution is -1.74. The molecular formula is C8H6BrNOS. The highest BCUT2D eigenvalue weighted by molar-refractivity contribution is 9.10. The number of rotatable bonds is 0. The van der Waals surface area contributed by atoms with Crippen LogP contribution in [0.5, 0.6) is 0 Å². The molecule has 62 valence electrons. The largest absolute Gasteiger partial charge is 0.428 e. The molecule has 12 heavy (non-hydrogen) atoms. The van der Waals surface area contributed by atoms with Gasteiger partial charge in [0.05, 0.1) is 9.99 Å². The fourth-order valence-corrected chi connectivity index (χ4v) is 2.00. The number of aromatic amines is 1. The van der Waals surface area contributed by atoms with Gasteiger partial charge in [-0.2, -0.15) is 0 Å². The average molecular weight is 244 g/mol. The monoisotopic (exact) mass is 243 g/mol. The third kappa shape index (κ3) is 1.21. The van der Waals surface area contributed by atoms with Crippen molar-refractivity contribution in [3.8, 4) is 0 Å². The Labute approximate surface area is 82.7 Å². The lowest BCUT2D eigenvalue weighted by atomic mass is 10.2. The van der Waals surface area contributed by atoms with E-state index in [1.54, 1.807) is 0 Å². The molecule has 2 aromatic rings. The van der Waals surface area contributed by atoms with E-state index in [-0.39, 0.29) is 0 Å². The first-order chi connectivity index (χ1) is 5.66. The van der Waals surface area contributed by atoms with Crippen LogP contribution in [-0.2, 0) is 0 Å². The van der Waals surface area contributed by atoms with Crippen LogP contribution in [0.3, 0.4) is 0 Å². The van der Waals surface area contributed by atoms with E-state index in [0.717, 1.165) is 15.6 Å². The molecule has 0 aliphatic heterocycles. The molecular weight excluding hydrogens is 238 g/mol. The van der Waals surface area contributed by atoms with Gasteiger partial charge in [0.1, 0.15) is 0 Å². The Morgan fingerprint density at radius 2 is 2.25 bits per heavy atom. The minimum absolute atomic E-state index is 0.413. The summed E-state index contributed by atoms with van der Waals surface area (Å²) in [6.07, 6.45) is 0. The summed E-state index contributed by atoms with van der Waals surface area (Å²) in [5.74, 6) is 0. The predicted molar refractivity (Wildman–Crippen MR) is 53.8 cm³/mol. The summed E-state index contributed by atoms with van der Waals surface area (Å²) >= 11 is 8.27. The molecule has 1 aromatic carbocycles. The van der Waals surface area contributed by atoms with Gasteiger partial charge in [-0.1, -0.05) is 0 Å². The van der Waals surface area contributed by atoms with Crippen molar-refractivity contribution in [3.05, 3.63) is 27.0 Å². The van der Waals surface area contributed by atoms with Crippen LogP contribution in [0.4, 0.5) is 0 Å². The highest BCUT2D eigenvalue weighted by Crippen LogP contribution is 2.24. The molecule has 0 amide bonds. The van der Waals surface area contributed by atoms with E-state index in [0.29, 0.717) is 4.84 Å². The van der Waals surface area contributed by atoms with Crippen molar-refractivity contribution < 1.29 is 4.42 Å². The number of H-pyrrole nitrogens is 1. The lowest BCUT2D eigenvalue weighted by molar-refractivity contribution is 0.582. The SMILES string of the molecule is Cc1cc(Br)c2oc(=S)[nH]c2c1. The summed E-state index contributed by atoms with van der Waals surface area (Å²) in [5.41, 5.74) is 2.89. The smallest absolute Gasteiger partial charge is 0.266 e. The third-order valence-electron chi connectivity index (χ3n) is 1.62. The summed E-state index contributed by atoms with van der Waals surface area (Å²) in [4.78, 5) is 3.37. The van der Waals surface area contributed by atoms with Gasteiger partial charge in [-0.05, 0) is 52.8 Å². The van der Waals surface area contributed by atoms with E-state index in [1.165, 1.54) is 5.56 Å². The van der Waals surface area contributed by atoms with E-state index < -0.39 is 0 Å². The molecule has 0 unspecified atom stereocenters. The Hall–Kier alpha value is -0.610. The zero-order valence-electron chi connectivity index (χ0n) is 6.35. The molecule has 1 heterocycles. The minimum atomic E-state index is 0.413. The first-order valence-electron chi connectivity index (χ1n) is 3.46. The van der Waals surface area contributed by atoms with Crippen LogP contribution in [0, 0.1) is 11.8 Å². The minimum Gasteiger partial charge on any atom is -0.428 e. The first-order valence-corrected chi connectivity index (χ1v) is 4.66. The summed E-state index contributed by atoms with van der Waals surface area (Å²) in [5, 5.41) is 0. The van der Waals surface area contributed by atoms with Crippen molar-refractivity contribution in [2.75, 3.05) is 0 Å². The van der Waals surface area contributed by atoms with E-state index in [4.69, 9.17) is 16.6 Å². The summed E-state index contributed by atoms with van der Waals surface area (Å²) in [7, 11) is 0. The van der Waals surface area contributed by atoms with Gasteiger partial charge in [-0.25, -0.2) is 0 Å². The van der Waals surface area contributed by atoms with E-state index in [2.05, 4.69) is 20.9 Å². The number of halogens is 1. The molecule has 2 rings (SSSR count). The Kier molecular flexibility index (Phi) is 1.81. The Bertz CT molecular complexity index is 485. The topological polar surface area (TPSA) is 28.9 Å². The molecule has 4 heteroatoms. The van der Waals surface area contributed by atoms with Gasteiger partial charge < -0.3 is 9.40 Å². The molecule has 0 bridgehead atoms. The van der Waals surface area contributed by atoms with Gasteiger partial charge in [0.2, 0.25) is 0 Å². The second kappa shape index (κ2) is 2.71. The molecule has 0 radical (unpaired) electrons. The average Bonchev–Trinajstić information content (AvgIpc) is 2.29. The second-order valence-corrected chi connectivity index (χ2v) is 3.86. The fourth-order valence-electron chi connectivity index (χ4n) is 1.15. The quantitative estimate of drug-likeness (QED) is 0.718. The zero-order valence-corrected chi connectivity index (χ0v) is 8.75. The molecule has 2 nitrogen and oxygen atoms in total. The summed E-state index contributed by atoms with van der Waals surface area (Å²) < 4.78 is 6.20. The van der Waals surface area contributed by atoms with E-state index in [1.807, 2.05) is 19.1 Å². The maximum Gasteiger partial charge on any atom is 0.266 e. The van der Waals surface area contributed by atoms with E-state index in [9.17, 15) is 0 Å². The van der Waals surface area contributed by atoms with Gasteiger partial charge in [-0.3, -0.25) is 0 Å². The second-order valence-electron chi connectivity index (χ2n) is 2.64. The van der Waals surface area contributed by atoms with Crippen LogP contribution in [0.15, 0.2) is 21.0 Å². The van der Waals surface area contributed by atoms with Gasteiger partial charge in [0.25, 0.3) is 4.84 Å². The molecule has 0 saturated heterocycles. The van der Waals surface area contributed by atoms with Crippen molar-refractivity contribution in [1.29, 1.82) is 0 Å². The summed E-state index contributed by atoms with van der Waals surface area (Å²) in [6.45, 7) is 2.02. The number of hydrogen-bond donors (Lipinski definition) is 1. The fraction of sp³-hybridized carbons (Fsp3) is 0.125. The van der Waals surface area contributed by atoms with Crippen LogP contribution in [0.2, 0.25) is 0 Å². The first kappa shape index (κ1) is 8.01. The molecule has 0 saturated carbocycles. The maximum atomic E-state index is 5.27. The lowest BCUT2D eigenvalue weighted by Gasteiger charge is -1.93. The number of fused-ring (bicyclic) bond motifs is 1. The van der Waals surface area contributed by atoms with Gasteiger partial charge in [-0.15, -0.1) is 0 Å². The van der Waals surface area contributed by atoms with Gasteiger partial charge in [0.15, 0.2) is 5.58 Å².